The third kappa shape index (κ3) is 5.43. The maximum atomic E-state index is 14.5. The highest BCUT2D eigenvalue weighted by molar-refractivity contribution is 7.88. The first kappa shape index (κ1) is 24.7. The van der Waals surface area contributed by atoms with E-state index in [2.05, 4.69) is 4.72 Å². The van der Waals surface area contributed by atoms with Crippen LogP contribution in [0.15, 0.2) is 36.4 Å². The zero-order chi connectivity index (χ0) is 24.6. The van der Waals surface area contributed by atoms with Crippen molar-refractivity contribution >= 4 is 15.9 Å². The second-order valence-electron chi connectivity index (χ2n) is 9.04. The number of carbonyl (C=O) groups is 1. The fraction of sp³-hybridized carbons (Fsp3) is 0.458. The summed E-state index contributed by atoms with van der Waals surface area (Å²) in [6.45, 7) is 0.886. The monoisotopic (exact) mass is 498 g/mol. The molecule has 1 N–H and O–H groups in total. The maximum absolute atomic E-state index is 14.5. The summed E-state index contributed by atoms with van der Waals surface area (Å²) in [5, 5.41) is 0. The van der Waals surface area contributed by atoms with Gasteiger partial charge >= 0.3 is 0 Å². The fourth-order valence-corrected chi connectivity index (χ4v) is 5.63. The van der Waals surface area contributed by atoms with E-state index >= 15 is 0 Å². The molecule has 2 aliphatic rings. The quantitative estimate of drug-likeness (QED) is 0.592. The Bertz CT molecular complexity index is 1170. The fourth-order valence-electron chi connectivity index (χ4n) is 4.79. The van der Waals surface area contributed by atoms with Crippen LogP contribution in [0.3, 0.4) is 0 Å². The Morgan fingerprint density at radius 1 is 1.09 bits per heavy atom. The van der Waals surface area contributed by atoms with Crippen molar-refractivity contribution in [1.82, 2.24) is 9.62 Å². The smallest absolute Gasteiger partial charge is 0.263 e. The molecule has 4 rings (SSSR count). The van der Waals surface area contributed by atoms with Crippen LogP contribution < -0.4 is 4.72 Å². The molecule has 0 unspecified atom stereocenters. The number of nitrogens with zero attached hydrogens (tertiary/aromatic N) is 1. The number of amides is 1. The topological polar surface area (TPSA) is 66.5 Å². The van der Waals surface area contributed by atoms with Crippen LogP contribution in [0.25, 0.3) is 11.1 Å². The Morgan fingerprint density at radius 2 is 1.79 bits per heavy atom. The Balaban J connectivity index is 1.55. The Hall–Kier alpha value is -2.46. The molecule has 2 fully saturated rings. The van der Waals surface area contributed by atoms with Crippen molar-refractivity contribution in [3.8, 4) is 11.1 Å². The highest BCUT2D eigenvalue weighted by atomic mass is 32.2. The first-order valence-corrected chi connectivity index (χ1v) is 13.1. The molecule has 2 aromatic rings. The molecule has 0 aromatic heterocycles. The number of likely N-dealkylation sites (tertiary alicyclic amines) is 1. The third-order valence-corrected chi connectivity index (χ3v) is 7.25. The van der Waals surface area contributed by atoms with Crippen molar-refractivity contribution < 1.29 is 30.8 Å². The van der Waals surface area contributed by atoms with Gasteiger partial charge in [0, 0.05) is 30.6 Å². The standard InChI is InChI=1S/C24H26F4N2O3S/c1-34(32,33)29-15-4-3-10-30(11-9-15)24(31)19-13-17(19)16-8-7-14(23(27)28)12-18(16)22-20(25)5-2-6-21(22)26/h2,5-8,12,15,17,19,23,29H,3-4,9-11,13H2,1H3/t15-,17+,19-/m1/s1. The number of hydrogen-bond donors (Lipinski definition) is 1. The Labute approximate surface area is 196 Å². The lowest BCUT2D eigenvalue weighted by molar-refractivity contribution is -0.132. The number of sulfonamides is 1. The highest BCUT2D eigenvalue weighted by Crippen LogP contribution is 2.52. The molecule has 5 nitrogen and oxygen atoms in total. The molecule has 1 heterocycles. The highest BCUT2D eigenvalue weighted by Gasteiger charge is 2.47. The van der Waals surface area contributed by atoms with E-state index in [4.69, 9.17) is 0 Å². The minimum atomic E-state index is -3.34. The normalized spacial score (nSPS) is 23.1. The number of benzene rings is 2. The molecule has 10 heteroatoms. The first-order chi connectivity index (χ1) is 16.0. The molecule has 0 bridgehead atoms. The van der Waals surface area contributed by atoms with Crippen LogP contribution in [0.4, 0.5) is 17.6 Å². The predicted octanol–water partition coefficient (Wildman–Crippen LogP) is 4.60. The Kier molecular flexibility index (Phi) is 7.00. The summed E-state index contributed by atoms with van der Waals surface area (Å²) >= 11 is 0. The lowest BCUT2D eigenvalue weighted by atomic mass is 9.93. The van der Waals surface area contributed by atoms with Gasteiger partial charge in [-0.1, -0.05) is 18.2 Å². The van der Waals surface area contributed by atoms with E-state index in [1.165, 1.54) is 18.2 Å². The van der Waals surface area contributed by atoms with E-state index in [1.54, 1.807) is 4.90 Å². The average Bonchev–Trinajstić information content (AvgIpc) is 3.56. The van der Waals surface area contributed by atoms with Gasteiger partial charge in [-0.15, -0.1) is 0 Å². The van der Waals surface area contributed by atoms with Crippen molar-refractivity contribution in [2.75, 3.05) is 19.3 Å². The number of halogens is 4. The maximum Gasteiger partial charge on any atom is 0.263 e. The van der Waals surface area contributed by atoms with Gasteiger partial charge < -0.3 is 4.90 Å². The second-order valence-corrected chi connectivity index (χ2v) is 10.8. The molecule has 1 aliphatic heterocycles. The van der Waals surface area contributed by atoms with Gasteiger partial charge in [0.05, 0.1) is 11.8 Å². The van der Waals surface area contributed by atoms with Crippen molar-refractivity contribution in [2.45, 2.75) is 44.1 Å². The average molecular weight is 499 g/mol. The van der Waals surface area contributed by atoms with Gasteiger partial charge in [-0.05, 0) is 60.9 Å². The van der Waals surface area contributed by atoms with Crippen LogP contribution in [0.5, 0.6) is 0 Å². The molecule has 184 valence electrons. The van der Waals surface area contributed by atoms with E-state index < -0.39 is 34.0 Å². The van der Waals surface area contributed by atoms with Crippen LogP contribution in [0, 0.1) is 17.6 Å². The summed E-state index contributed by atoms with van der Waals surface area (Å²) in [6.07, 6.45) is 0.514. The first-order valence-electron chi connectivity index (χ1n) is 11.2. The second kappa shape index (κ2) is 9.65. The number of carbonyl (C=O) groups excluding carboxylic acids is 1. The lowest BCUT2D eigenvalue weighted by Crippen LogP contribution is -2.36. The molecular formula is C24H26F4N2O3S. The van der Waals surface area contributed by atoms with Crippen molar-refractivity contribution in [3.63, 3.8) is 0 Å². The van der Waals surface area contributed by atoms with Gasteiger partial charge in [0.15, 0.2) is 0 Å². The summed E-state index contributed by atoms with van der Waals surface area (Å²) in [7, 11) is -3.34. The summed E-state index contributed by atoms with van der Waals surface area (Å²) in [5.41, 5.74) is -0.204. The molecule has 0 spiro atoms. The van der Waals surface area contributed by atoms with E-state index in [1.807, 2.05) is 0 Å². The summed E-state index contributed by atoms with van der Waals surface area (Å²) in [4.78, 5) is 14.9. The third-order valence-electron chi connectivity index (χ3n) is 6.49. The van der Waals surface area contributed by atoms with Gasteiger partial charge in [-0.3, -0.25) is 4.79 Å². The molecule has 0 radical (unpaired) electrons. The van der Waals surface area contributed by atoms with Gasteiger partial charge in [-0.2, -0.15) is 0 Å². The summed E-state index contributed by atoms with van der Waals surface area (Å²) in [5.74, 6) is -2.56. The van der Waals surface area contributed by atoms with Gasteiger partial charge in [-0.25, -0.2) is 30.7 Å². The zero-order valence-corrected chi connectivity index (χ0v) is 19.4. The summed E-state index contributed by atoms with van der Waals surface area (Å²) < 4.78 is 81.4. The van der Waals surface area contributed by atoms with Crippen LogP contribution in [0.1, 0.15) is 49.2 Å². The molecule has 1 saturated carbocycles. The summed E-state index contributed by atoms with van der Waals surface area (Å²) in [6, 6.07) is 6.90. The number of rotatable bonds is 6. The Morgan fingerprint density at radius 3 is 2.44 bits per heavy atom. The lowest BCUT2D eigenvalue weighted by Gasteiger charge is -2.21. The zero-order valence-electron chi connectivity index (χ0n) is 18.6. The number of nitrogens with one attached hydrogen (secondary N) is 1. The molecule has 34 heavy (non-hydrogen) atoms. The van der Waals surface area contributed by atoms with Crippen LogP contribution in [0.2, 0.25) is 0 Å². The van der Waals surface area contributed by atoms with E-state index in [-0.39, 0.29) is 34.6 Å². The number of alkyl halides is 2. The van der Waals surface area contributed by atoms with E-state index in [9.17, 15) is 30.8 Å². The van der Waals surface area contributed by atoms with Crippen LogP contribution >= 0.6 is 0 Å². The largest absolute Gasteiger partial charge is 0.342 e. The molecule has 1 aliphatic carbocycles. The molecule has 1 amide bonds. The minimum absolute atomic E-state index is 0.0435. The molecular weight excluding hydrogens is 472 g/mol. The van der Waals surface area contributed by atoms with Gasteiger partial charge in [0.25, 0.3) is 6.43 Å². The predicted molar refractivity (Wildman–Crippen MR) is 120 cm³/mol. The van der Waals surface area contributed by atoms with Gasteiger partial charge in [0.1, 0.15) is 11.6 Å². The van der Waals surface area contributed by atoms with Crippen molar-refractivity contribution in [3.05, 3.63) is 59.2 Å². The minimum Gasteiger partial charge on any atom is -0.342 e. The molecule has 2 aromatic carbocycles. The van der Waals surface area contributed by atoms with E-state index in [0.29, 0.717) is 44.3 Å². The van der Waals surface area contributed by atoms with Crippen LogP contribution in [-0.2, 0) is 14.8 Å². The molecule has 3 atom stereocenters. The van der Waals surface area contributed by atoms with E-state index in [0.717, 1.165) is 24.5 Å². The van der Waals surface area contributed by atoms with Crippen molar-refractivity contribution in [2.24, 2.45) is 5.92 Å². The number of hydrogen-bond acceptors (Lipinski definition) is 3. The van der Waals surface area contributed by atoms with Crippen LogP contribution in [-0.4, -0.2) is 44.6 Å². The van der Waals surface area contributed by atoms with Gasteiger partial charge in [0.2, 0.25) is 15.9 Å². The van der Waals surface area contributed by atoms with Crippen molar-refractivity contribution in [1.29, 1.82) is 0 Å². The SMILES string of the molecule is CS(=O)(=O)N[C@@H]1CCCN(C(=O)[C@@H]2C[C@H]2c2ccc(C(F)F)cc2-c2c(F)cccc2F)CC1. The molecule has 1 saturated heterocycles.